The lowest BCUT2D eigenvalue weighted by Crippen LogP contribution is -2.20. The van der Waals surface area contributed by atoms with E-state index in [-0.39, 0.29) is 5.91 Å². The molecule has 0 radical (unpaired) electrons. The highest BCUT2D eigenvalue weighted by Crippen LogP contribution is 2.37. The lowest BCUT2D eigenvalue weighted by molar-refractivity contribution is 0.102. The normalized spacial score (nSPS) is 16.0. The largest absolute Gasteiger partial charge is 0.486 e. The van der Waals surface area contributed by atoms with Crippen molar-refractivity contribution >= 4 is 23.5 Å². The van der Waals surface area contributed by atoms with Crippen LogP contribution in [0.25, 0.3) is 0 Å². The highest BCUT2D eigenvalue weighted by atomic mass is 32.2. The van der Waals surface area contributed by atoms with Crippen LogP contribution in [0.5, 0.6) is 11.5 Å². The van der Waals surface area contributed by atoms with E-state index < -0.39 is 0 Å². The Hall–Kier alpha value is -3.00. The summed E-state index contributed by atoms with van der Waals surface area (Å²) in [6, 6.07) is 11.2. The van der Waals surface area contributed by atoms with Crippen LogP contribution in [-0.2, 0) is 6.54 Å². The maximum absolute atomic E-state index is 13.1. The van der Waals surface area contributed by atoms with Gasteiger partial charge in [-0.25, -0.2) is 9.67 Å². The van der Waals surface area contributed by atoms with Gasteiger partial charge in [-0.05, 0) is 49.1 Å². The summed E-state index contributed by atoms with van der Waals surface area (Å²) in [6.07, 6.45) is 9.78. The van der Waals surface area contributed by atoms with E-state index in [0.29, 0.717) is 29.7 Å². The number of anilines is 1. The van der Waals surface area contributed by atoms with Crippen molar-refractivity contribution in [3.63, 3.8) is 0 Å². The Kier molecular flexibility index (Phi) is 6.29. The van der Waals surface area contributed by atoms with Crippen LogP contribution < -0.4 is 14.8 Å². The van der Waals surface area contributed by atoms with Crippen molar-refractivity contribution < 1.29 is 14.3 Å². The van der Waals surface area contributed by atoms with E-state index in [0.717, 1.165) is 28.8 Å². The van der Waals surface area contributed by atoms with Gasteiger partial charge < -0.3 is 14.8 Å². The molecule has 8 heteroatoms. The summed E-state index contributed by atoms with van der Waals surface area (Å²) < 4.78 is 13.2. The number of nitrogens with zero attached hydrogens (tertiary/aromatic N) is 3. The van der Waals surface area contributed by atoms with Gasteiger partial charge >= 0.3 is 0 Å². The molecule has 166 valence electrons. The Balaban J connectivity index is 1.31. The molecule has 1 fully saturated rings. The Morgan fingerprint density at radius 2 is 1.91 bits per heavy atom. The van der Waals surface area contributed by atoms with Gasteiger partial charge in [-0.15, -0.1) is 0 Å². The minimum Gasteiger partial charge on any atom is -0.486 e. The van der Waals surface area contributed by atoms with Gasteiger partial charge in [0.15, 0.2) is 11.5 Å². The highest BCUT2D eigenvalue weighted by molar-refractivity contribution is 7.99. The molecule has 2 aromatic heterocycles. The van der Waals surface area contributed by atoms with Crippen LogP contribution in [0.4, 0.5) is 5.82 Å². The number of benzene rings is 1. The molecule has 0 atom stereocenters. The maximum atomic E-state index is 13.1. The second-order valence-electron chi connectivity index (χ2n) is 8.12. The van der Waals surface area contributed by atoms with Gasteiger partial charge in [0.05, 0.1) is 11.8 Å². The van der Waals surface area contributed by atoms with Crippen LogP contribution >= 0.6 is 11.8 Å². The molecular formula is C24H26N4O3S. The Bertz CT molecular complexity index is 1090. The molecule has 3 aromatic rings. The molecule has 3 heterocycles. The Morgan fingerprint density at radius 3 is 2.78 bits per heavy atom. The molecule has 5 rings (SSSR count). The average molecular weight is 451 g/mol. The first-order chi connectivity index (χ1) is 15.8. The molecule has 1 amide bonds. The summed E-state index contributed by atoms with van der Waals surface area (Å²) in [6.45, 7) is 1.93. The Labute approximate surface area is 191 Å². The minimum atomic E-state index is -0.191. The van der Waals surface area contributed by atoms with Crippen LogP contribution in [0, 0.1) is 5.92 Å². The van der Waals surface area contributed by atoms with E-state index in [9.17, 15) is 4.79 Å². The molecule has 32 heavy (non-hydrogen) atoms. The molecule has 0 spiro atoms. The highest BCUT2D eigenvalue weighted by Gasteiger charge is 2.19. The zero-order chi connectivity index (χ0) is 21.8. The number of carbonyl (C=O) groups is 1. The number of nitrogens with one attached hydrogen (secondary N) is 1. The molecule has 0 unspecified atom stereocenters. The van der Waals surface area contributed by atoms with Crippen molar-refractivity contribution in [3.05, 3.63) is 54.4 Å². The van der Waals surface area contributed by atoms with E-state index in [1.807, 2.05) is 28.9 Å². The van der Waals surface area contributed by atoms with Gasteiger partial charge in [-0.3, -0.25) is 4.79 Å². The minimum absolute atomic E-state index is 0.191. The van der Waals surface area contributed by atoms with Crippen molar-refractivity contribution in [3.8, 4) is 11.5 Å². The van der Waals surface area contributed by atoms with Crippen LogP contribution in [-0.4, -0.2) is 33.9 Å². The molecular weight excluding hydrogens is 424 g/mol. The summed E-state index contributed by atoms with van der Waals surface area (Å²) in [5.41, 5.74) is 0.526. The standard InChI is InChI=1S/C24H26N4O3S/c29-23(27-22-10-12-26-28(22)16-17-5-2-1-3-6-17)19-7-4-11-25-24(19)32-18-8-9-20-21(15-18)31-14-13-30-20/h4,7-12,15,17H,1-3,5-6,13-14,16H2,(H,27,29). The number of fused-ring (bicyclic) bond motifs is 1. The van der Waals surface area contributed by atoms with E-state index >= 15 is 0 Å². The summed E-state index contributed by atoms with van der Waals surface area (Å²) in [4.78, 5) is 18.5. The SMILES string of the molecule is O=C(Nc1ccnn1CC1CCCCC1)c1cccnc1Sc1ccc2c(c1)OCCO2. The Morgan fingerprint density at radius 1 is 1.06 bits per heavy atom. The van der Waals surface area contributed by atoms with Crippen molar-refractivity contribution in [1.29, 1.82) is 0 Å². The number of carbonyl (C=O) groups excluding carboxylic acids is 1. The van der Waals surface area contributed by atoms with Gasteiger partial charge in [0, 0.05) is 23.7 Å². The van der Waals surface area contributed by atoms with Crippen LogP contribution in [0.15, 0.2) is 58.7 Å². The average Bonchev–Trinajstić information content (AvgIpc) is 3.26. The van der Waals surface area contributed by atoms with Gasteiger partial charge in [0.25, 0.3) is 5.91 Å². The van der Waals surface area contributed by atoms with E-state index in [2.05, 4.69) is 15.4 Å². The molecule has 1 N–H and O–H groups in total. The van der Waals surface area contributed by atoms with Crippen molar-refractivity contribution in [2.45, 2.75) is 48.6 Å². The predicted octanol–water partition coefficient (Wildman–Crippen LogP) is 5.03. The quantitative estimate of drug-likeness (QED) is 0.567. The second kappa shape index (κ2) is 9.65. The third kappa shape index (κ3) is 4.75. The summed E-state index contributed by atoms with van der Waals surface area (Å²) in [5, 5.41) is 8.12. The number of rotatable bonds is 6. The van der Waals surface area contributed by atoms with Crippen LogP contribution in [0.1, 0.15) is 42.5 Å². The second-order valence-corrected chi connectivity index (χ2v) is 9.18. The van der Waals surface area contributed by atoms with Crippen molar-refractivity contribution in [2.24, 2.45) is 5.92 Å². The van der Waals surface area contributed by atoms with Gasteiger partial charge in [0.1, 0.15) is 24.1 Å². The third-order valence-electron chi connectivity index (χ3n) is 5.86. The monoisotopic (exact) mass is 450 g/mol. The lowest BCUT2D eigenvalue weighted by atomic mass is 9.89. The fourth-order valence-corrected chi connectivity index (χ4v) is 5.14. The van der Waals surface area contributed by atoms with E-state index in [1.54, 1.807) is 24.5 Å². The first-order valence-electron chi connectivity index (χ1n) is 11.1. The van der Waals surface area contributed by atoms with Gasteiger partial charge in [-0.1, -0.05) is 31.0 Å². The topological polar surface area (TPSA) is 78.3 Å². The van der Waals surface area contributed by atoms with Crippen molar-refractivity contribution in [2.75, 3.05) is 18.5 Å². The summed E-state index contributed by atoms with van der Waals surface area (Å²) in [7, 11) is 0. The zero-order valence-corrected chi connectivity index (χ0v) is 18.6. The molecule has 1 saturated carbocycles. The predicted molar refractivity (Wildman–Crippen MR) is 123 cm³/mol. The van der Waals surface area contributed by atoms with E-state index in [1.165, 1.54) is 43.9 Å². The van der Waals surface area contributed by atoms with Gasteiger partial charge in [-0.2, -0.15) is 5.10 Å². The number of hydrogen-bond acceptors (Lipinski definition) is 6. The molecule has 1 aliphatic heterocycles. The summed E-state index contributed by atoms with van der Waals surface area (Å²) in [5.74, 6) is 2.61. The number of ether oxygens (including phenoxy) is 2. The van der Waals surface area contributed by atoms with Crippen LogP contribution in [0.2, 0.25) is 0 Å². The molecule has 7 nitrogen and oxygen atoms in total. The molecule has 1 aliphatic carbocycles. The fraction of sp³-hybridized carbons (Fsp3) is 0.375. The van der Waals surface area contributed by atoms with Crippen molar-refractivity contribution in [1.82, 2.24) is 14.8 Å². The first kappa shape index (κ1) is 20.9. The number of amides is 1. The fourth-order valence-electron chi connectivity index (χ4n) is 4.23. The molecule has 1 aromatic carbocycles. The number of aromatic nitrogens is 3. The maximum Gasteiger partial charge on any atom is 0.259 e. The first-order valence-corrected chi connectivity index (χ1v) is 11.9. The summed E-state index contributed by atoms with van der Waals surface area (Å²) >= 11 is 1.43. The van der Waals surface area contributed by atoms with E-state index in [4.69, 9.17) is 9.47 Å². The van der Waals surface area contributed by atoms with Gasteiger partial charge in [0.2, 0.25) is 0 Å². The zero-order valence-electron chi connectivity index (χ0n) is 17.8. The number of hydrogen-bond donors (Lipinski definition) is 1. The van der Waals surface area contributed by atoms with Crippen LogP contribution in [0.3, 0.4) is 0 Å². The third-order valence-corrected chi connectivity index (χ3v) is 6.87. The smallest absolute Gasteiger partial charge is 0.259 e. The lowest BCUT2D eigenvalue weighted by Gasteiger charge is -2.22. The number of pyridine rings is 1. The molecule has 0 bridgehead atoms. The molecule has 0 saturated heterocycles. The molecule has 2 aliphatic rings.